The molecule has 88 valence electrons. The van der Waals surface area contributed by atoms with Gasteiger partial charge in [-0.15, -0.1) is 0 Å². The summed E-state index contributed by atoms with van der Waals surface area (Å²) >= 11 is 5.89. The summed E-state index contributed by atoms with van der Waals surface area (Å²) in [6.07, 6.45) is 0. The molecule has 0 atom stereocenters. The highest BCUT2D eigenvalue weighted by Crippen LogP contribution is 2.27. The molecule has 0 aliphatic heterocycles. The van der Waals surface area contributed by atoms with Crippen LogP contribution in [-0.2, 0) is 0 Å². The summed E-state index contributed by atoms with van der Waals surface area (Å²) in [5, 5.41) is 9.46. The van der Waals surface area contributed by atoms with Crippen LogP contribution in [0.15, 0.2) is 22.6 Å². The number of carboxylic acids is 1. The molecule has 1 aromatic carbocycles. The van der Waals surface area contributed by atoms with Gasteiger partial charge in [-0.3, -0.25) is 0 Å². The van der Waals surface area contributed by atoms with Crippen molar-refractivity contribution in [2.24, 2.45) is 0 Å². The van der Waals surface area contributed by atoms with Gasteiger partial charge in [0.2, 0.25) is 5.89 Å². The number of oxazole rings is 1. The van der Waals surface area contributed by atoms with E-state index in [1.54, 1.807) is 19.1 Å². The standard InChI is InChI=1S/C12H10ClNO3/c1-6-3-4-8(13)5-9(6)11-14-10(12(15)16)7(2)17-11/h3-5H,1-2H3,(H,15,16). The molecule has 0 bridgehead atoms. The fourth-order valence-electron chi connectivity index (χ4n) is 1.53. The van der Waals surface area contributed by atoms with Crippen molar-refractivity contribution in [2.75, 3.05) is 0 Å². The van der Waals surface area contributed by atoms with Crippen LogP contribution in [0.3, 0.4) is 0 Å². The molecule has 0 saturated carbocycles. The molecule has 0 amide bonds. The third-order valence-corrected chi connectivity index (χ3v) is 2.66. The maximum atomic E-state index is 10.9. The summed E-state index contributed by atoms with van der Waals surface area (Å²) in [5.41, 5.74) is 1.56. The van der Waals surface area contributed by atoms with Crippen LogP contribution in [0.25, 0.3) is 11.5 Å². The fraction of sp³-hybridized carbons (Fsp3) is 0.167. The number of hydrogen-bond donors (Lipinski definition) is 1. The molecule has 0 unspecified atom stereocenters. The third kappa shape index (κ3) is 2.17. The molecule has 17 heavy (non-hydrogen) atoms. The molecule has 1 heterocycles. The summed E-state index contributed by atoms with van der Waals surface area (Å²) in [6.45, 7) is 3.45. The predicted molar refractivity (Wildman–Crippen MR) is 63.4 cm³/mol. The highest BCUT2D eigenvalue weighted by Gasteiger charge is 2.18. The zero-order chi connectivity index (χ0) is 12.6. The van der Waals surface area contributed by atoms with Crippen molar-refractivity contribution in [3.63, 3.8) is 0 Å². The first-order valence-corrected chi connectivity index (χ1v) is 5.34. The van der Waals surface area contributed by atoms with Crippen molar-refractivity contribution in [2.45, 2.75) is 13.8 Å². The molecule has 0 spiro atoms. The van der Waals surface area contributed by atoms with Gasteiger partial charge in [-0.2, -0.15) is 0 Å². The maximum Gasteiger partial charge on any atom is 0.358 e. The van der Waals surface area contributed by atoms with Crippen LogP contribution in [-0.4, -0.2) is 16.1 Å². The van der Waals surface area contributed by atoms with E-state index in [0.29, 0.717) is 10.6 Å². The second-order valence-corrected chi connectivity index (χ2v) is 4.12. The topological polar surface area (TPSA) is 63.3 Å². The van der Waals surface area contributed by atoms with E-state index in [1.165, 1.54) is 0 Å². The average Bonchev–Trinajstić information content (AvgIpc) is 2.64. The van der Waals surface area contributed by atoms with Crippen LogP contribution in [0, 0.1) is 13.8 Å². The van der Waals surface area contributed by atoms with E-state index in [0.717, 1.165) is 5.56 Å². The molecule has 4 nitrogen and oxygen atoms in total. The molecule has 5 heteroatoms. The Morgan fingerprint density at radius 2 is 2.12 bits per heavy atom. The van der Waals surface area contributed by atoms with E-state index in [1.807, 2.05) is 13.0 Å². The van der Waals surface area contributed by atoms with Gasteiger partial charge in [0.1, 0.15) is 5.76 Å². The summed E-state index contributed by atoms with van der Waals surface area (Å²) in [5.74, 6) is -0.538. The number of rotatable bonds is 2. The molecule has 2 aromatic rings. The van der Waals surface area contributed by atoms with E-state index in [2.05, 4.69) is 4.98 Å². The fourth-order valence-corrected chi connectivity index (χ4v) is 1.71. The largest absolute Gasteiger partial charge is 0.476 e. The average molecular weight is 252 g/mol. The number of benzene rings is 1. The monoisotopic (exact) mass is 251 g/mol. The third-order valence-electron chi connectivity index (χ3n) is 2.43. The Balaban J connectivity index is 2.57. The molecule has 0 fully saturated rings. The molecule has 0 aliphatic carbocycles. The van der Waals surface area contributed by atoms with Crippen LogP contribution >= 0.6 is 11.6 Å². The van der Waals surface area contributed by atoms with Gasteiger partial charge in [0.15, 0.2) is 5.69 Å². The Kier molecular flexibility index (Phi) is 2.90. The van der Waals surface area contributed by atoms with Gasteiger partial charge in [0, 0.05) is 10.6 Å². The lowest BCUT2D eigenvalue weighted by molar-refractivity contribution is 0.0689. The van der Waals surface area contributed by atoms with Gasteiger partial charge in [0.05, 0.1) is 0 Å². The van der Waals surface area contributed by atoms with E-state index in [9.17, 15) is 4.79 Å². The molecular weight excluding hydrogens is 242 g/mol. The summed E-state index contributed by atoms with van der Waals surface area (Å²) in [7, 11) is 0. The van der Waals surface area contributed by atoms with Crippen molar-refractivity contribution in [1.82, 2.24) is 4.98 Å². The van der Waals surface area contributed by atoms with Crippen LogP contribution in [0.4, 0.5) is 0 Å². The van der Waals surface area contributed by atoms with Crippen LogP contribution < -0.4 is 0 Å². The van der Waals surface area contributed by atoms with E-state index < -0.39 is 5.97 Å². The second-order valence-electron chi connectivity index (χ2n) is 3.69. The number of carbonyl (C=O) groups is 1. The number of carboxylic acid groups (broad SMARTS) is 1. The Labute approximate surface area is 103 Å². The van der Waals surface area contributed by atoms with Crippen molar-refractivity contribution < 1.29 is 14.3 Å². The van der Waals surface area contributed by atoms with Crippen molar-refractivity contribution in [3.05, 3.63) is 40.2 Å². The number of aromatic carboxylic acids is 1. The van der Waals surface area contributed by atoms with Gasteiger partial charge < -0.3 is 9.52 Å². The molecule has 0 aliphatic rings. The number of nitrogens with zero attached hydrogens (tertiary/aromatic N) is 1. The number of aryl methyl sites for hydroxylation is 2. The normalized spacial score (nSPS) is 10.5. The minimum absolute atomic E-state index is 0.0700. The Bertz CT molecular complexity index is 589. The second kappa shape index (κ2) is 4.22. The summed E-state index contributed by atoms with van der Waals surface area (Å²) in [6, 6.07) is 5.29. The van der Waals surface area contributed by atoms with E-state index in [4.69, 9.17) is 21.1 Å². The molecule has 0 saturated heterocycles. The van der Waals surface area contributed by atoms with Crippen molar-refractivity contribution in [3.8, 4) is 11.5 Å². The van der Waals surface area contributed by atoms with Gasteiger partial charge in [-0.05, 0) is 31.5 Å². The molecule has 2 rings (SSSR count). The lowest BCUT2D eigenvalue weighted by Crippen LogP contribution is -1.98. The first kappa shape index (κ1) is 11.7. The number of aromatic nitrogens is 1. The highest BCUT2D eigenvalue weighted by molar-refractivity contribution is 6.30. The molecular formula is C12H10ClNO3. The first-order chi connectivity index (χ1) is 7.99. The van der Waals surface area contributed by atoms with Crippen molar-refractivity contribution >= 4 is 17.6 Å². The van der Waals surface area contributed by atoms with Gasteiger partial charge >= 0.3 is 5.97 Å². The Morgan fingerprint density at radius 3 is 2.71 bits per heavy atom. The predicted octanol–water partition coefficient (Wildman–Crippen LogP) is 3.31. The van der Waals surface area contributed by atoms with Gasteiger partial charge in [0.25, 0.3) is 0 Å². The minimum atomic E-state index is -1.10. The molecule has 0 radical (unpaired) electrons. The highest BCUT2D eigenvalue weighted by atomic mass is 35.5. The molecule has 1 N–H and O–H groups in total. The molecule has 1 aromatic heterocycles. The van der Waals surface area contributed by atoms with E-state index in [-0.39, 0.29) is 17.3 Å². The lowest BCUT2D eigenvalue weighted by atomic mass is 10.1. The lowest BCUT2D eigenvalue weighted by Gasteiger charge is -2.01. The van der Waals surface area contributed by atoms with E-state index >= 15 is 0 Å². The summed E-state index contributed by atoms with van der Waals surface area (Å²) < 4.78 is 5.35. The van der Waals surface area contributed by atoms with Crippen molar-refractivity contribution in [1.29, 1.82) is 0 Å². The zero-order valence-electron chi connectivity index (χ0n) is 9.32. The quantitative estimate of drug-likeness (QED) is 0.889. The minimum Gasteiger partial charge on any atom is -0.476 e. The Hall–Kier alpha value is -1.81. The van der Waals surface area contributed by atoms with Gasteiger partial charge in [-0.25, -0.2) is 9.78 Å². The van der Waals surface area contributed by atoms with Crippen LogP contribution in [0.2, 0.25) is 5.02 Å². The van der Waals surface area contributed by atoms with Gasteiger partial charge in [-0.1, -0.05) is 17.7 Å². The zero-order valence-corrected chi connectivity index (χ0v) is 10.1. The number of halogens is 1. The first-order valence-electron chi connectivity index (χ1n) is 4.96. The SMILES string of the molecule is Cc1ccc(Cl)cc1-c1nc(C(=O)O)c(C)o1. The summed E-state index contributed by atoms with van der Waals surface area (Å²) in [4.78, 5) is 14.8. The number of hydrogen-bond acceptors (Lipinski definition) is 3. The Morgan fingerprint density at radius 1 is 1.41 bits per heavy atom. The smallest absolute Gasteiger partial charge is 0.358 e. The van der Waals surface area contributed by atoms with Crippen LogP contribution in [0.5, 0.6) is 0 Å². The van der Waals surface area contributed by atoms with Crippen LogP contribution in [0.1, 0.15) is 21.8 Å². The maximum absolute atomic E-state index is 10.9.